The van der Waals surface area contributed by atoms with Gasteiger partial charge in [0.15, 0.2) is 0 Å². The van der Waals surface area contributed by atoms with Gasteiger partial charge in [0.2, 0.25) is 0 Å². The lowest BCUT2D eigenvalue weighted by Gasteiger charge is -2.19. The van der Waals surface area contributed by atoms with Crippen LogP contribution in [-0.4, -0.2) is 13.2 Å². The zero-order valence-electron chi connectivity index (χ0n) is 11.7. The van der Waals surface area contributed by atoms with Gasteiger partial charge in [-0.3, -0.25) is 0 Å². The Labute approximate surface area is 110 Å². The lowest BCUT2D eigenvalue weighted by Crippen LogP contribution is -2.18. The highest BCUT2D eigenvalue weighted by molar-refractivity contribution is 5.60. The fourth-order valence-electron chi connectivity index (χ4n) is 1.96. The van der Waals surface area contributed by atoms with E-state index in [1.165, 1.54) is 6.42 Å². The van der Waals surface area contributed by atoms with Crippen molar-refractivity contribution in [3.63, 3.8) is 0 Å². The maximum absolute atomic E-state index is 9.09. The largest absolute Gasteiger partial charge is 0.497 e. The molecule has 18 heavy (non-hydrogen) atoms. The van der Waals surface area contributed by atoms with Crippen LogP contribution in [0.2, 0.25) is 0 Å². The first kappa shape index (κ1) is 14.4. The molecule has 1 rings (SSSR count). The molecule has 0 bridgehead atoms. The van der Waals surface area contributed by atoms with Crippen LogP contribution < -0.4 is 10.1 Å². The van der Waals surface area contributed by atoms with Crippen LogP contribution in [0.4, 0.5) is 5.69 Å². The van der Waals surface area contributed by atoms with Crippen LogP contribution in [0.15, 0.2) is 18.2 Å². The molecule has 2 unspecified atom stereocenters. The smallest absolute Gasteiger partial charge is 0.121 e. The molecule has 0 amide bonds. The fourth-order valence-corrected chi connectivity index (χ4v) is 1.96. The van der Waals surface area contributed by atoms with Crippen molar-refractivity contribution in [2.24, 2.45) is 5.92 Å². The predicted molar refractivity (Wildman–Crippen MR) is 74.9 cm³/mol. The number of nitrogens with one attached hydrogen (secondary N) is 1. The highest BCUT2D eigenvalue weighted by Gasteiger charge is 2.10. The van der Waals surface area contributed by atoms with E-state index in [4.69, 9.17) is 10.00 Å². The van der Waals surface area contributed by atoms with Crippen LogP contribution in [0, 0.1) is 17.2 Å². The lowest BCUT2D eigenvalue weighted by molar-refractivity contribution is 0.415. The van der Waals surface area contributed by atoms with Gasteiger partial charge in [-0.15, -0.1) is 0 Å². The van der Waals surface area contributed by atoms with Crippen molar-refractivity contribution in [2.45, 2.75) is 39.7 Å². The summed E-state index contributed by atoms with van der Waals surface area (Å²) in [4.78, 5) is 0. The summed E-state index contributed by atoms with van der Waals surface area (Å²) < 4.78 is 5.19. The summed E-state index contributed by atoms with van der Waals surface area (Å²) in [6, 6.07) is 8.03. The molecular weight excluding hydrogens is 224 g/mol. The number of ether oxygens (including phenoxy) is 1. The van der Waals surface area contributed by atoms with E-state index in [0.29, 0.717) is 17.5 Å². The van der Waals surface area contributed by atoms with E-state index in [9.17, 15) is 0 Å². The van der Waals surface area contributed by atoms with Crippen molar-refractivity contribution in [1.82, 2.24) is 0 Å². The van der Waals surface area contributed by atoms with E-state index in [0.717, 1.165) is 17.9 Å². The molecule has 0 heterocycles. The van der Waals surface area contributed by atoms with E-state index in [1.807, 2.05) is 12.1 Å². The Morgan fingerprint density at radius 3 is 2.67 bits per heavy atom. The molecule has 1 aromatic rings. The number of rotatable bonds is 6. The Bertz CT molecular complexity index is 423. The fraction of sp³-hybridized carbons (Fsp3) is 0.533. The topological polar surface area (TPSA) is 45.0 Å². The van der Waals surface area contributed by atoms with Gasteiger partial charge in [-0.1, -0.05) is 20.3 Å². The first-order valence-corrected chi connectivity index (χ1v) is 6.45. The van der Waals surface area contributed by atoms with Gasteiger partial charge in [0.25, 0.3) is 0 Å². The van der Waals surface area contributed by atoms with E-state index in [-0.39, 0.29) is 0 Å². The third-order valence-corrected chi connectivity index (χ3v) is 3.20. The Morgan fingerprint density at radius 1 is 1.39 bits per heavy atom. The Morgan fingerprint density at radius 2 is 2.11 bits per heavy atom. The lowest BCUT2D eigenvalue weighted by atomic mass is 10.00. The summed E-state index contributed by atoms with van der Waals surface area (Å²) in [6.07, 6.45) is 2.27. The molecule has 98 valence electrons. The van der Waals surface area contributed by atoms with Gasteiger partial charge < -0.3 is 10.1 Å². The summed E-state index contributed by atoms with van der Waals surface area (Å²) in [7, 11) is 1.63. The molecule has 0 aliphatic rings. The van der Waals surface area contributed by atoms with E-state index >= 15 is 0 Å². The second kappa shape index (κ2) is 6.90. The monoisotopic (exact) mass is 246 g/mol. The molecule has 0 aromatic heterocycles. The second-order valence-corrected chi connectivity index (χ2v) is 4.82. The molecule has 0 aliphatic heterocycles. The van der Waals surface area contributed by atoms with Gasteiger partial charge in [-0.25, -0.2) is 0 Å². The SMILES string of the molecule is CCC(C)CC(C)Nc1cc(OC)ccc1C#N. The molecule has 3 heteroatoms. The van der Waals surface area contributed by atoms with Crippen molar-refractivity contribution >= 4 is 5.69 Å². The minimum atomic E-state index is 0.346. The average Bonchev–Trinajstić information content (AvgIpc) is 2.38. The number of anilines is 1. The Hall–Kier alpha value is -1.69. The van der Waals surface area contributed by atoms with Gasteiger partial charge in [0.1, 0.15) is 11.8 Å². The molecular formula is C15H22N2O. The molecule has 0 radical (unpaired) electrons. The Kier molecular flexibility index (Phi) is 5.51. The first-order chi connectivity index (χ1) is 8.60. The van der Waals surface area contributed by atoms with Crippen molar-refractivity contribution < 1.29 is 4.74 Å². The van der Waals surface area contributed by atoms with Crippen molar-refractivity contribution in [3.05, 3.63) is 23.8 Å². The van der Waals surface area contributed by atoms with Gasteiger partial charge in [-0.05, 0) is 31.4 Å². The van der Waals surface area contributed by atoms with E-state index in [1.54, 1.807) is 13.2 Å². The standard InChI is InChI=1S/C15H22N2O/c1-5-11(2)8-12(3)17-15-9-14(18-4)7-6-13(15)10-16/h6-7,9,11-12,17H,5,8H2,1-4H3. The summed E-state index contributed by atoms with van der Waals surface area (Å²) in [5.41, 5.74) is 1.51. The van der Waals surface area contributed by atoms with Crippen molar-refractivity contribution in [2.75, 3.05) is 12.4 Å². The van der Waals surface area contributed by atoms with E-state index in [2.05, 4.69) is 32.2 Å². The summed E-state index contributed by atoms with van der Waals surface area (Å²) in [5.74, 6) is 1.45. The van der Waals surface area contributed by atoms with Gasteiger partial charge >= 0.3 is 0 Å². The van der Waals surface area contributed by atoms with Gasteiger partial charge in [0.05, 0.1) is 18.4 Å². The molecule has 1 N–H and O–H groups in total. The summed E-state index contributed by atoms with van der Waals surface area (Å²) in [5, 5.41) is 12.5. The number of benzene rings is 1. The molecule has 0 spiro atoms. The quantitative estimate of drug-likeness (QED) is 0.830. The van der Waals surface area contributed by atoms with Crippen LogP contribution in [0.25, 0.3) is 0 Å². The zero-order valence-corrected chi connectivity index (χ0v) is 11.7. The molecule has 3 nitrogen and oxygen atoms in total. The van der Waals surface area contributed by atoms with Crippen molar-refractivity contribution in [1.29, 1.82) is 5.26 Å². The molecule has 2 atom stereocenters. The van der Waals surface area contributed by atoms with Gasteiger partial charge in [-0.2, -0.15) is 5.26 Å². The third kappa shape index (κ3) is 3.96. The number of nitriles is 1. The molecule has 0 saturated heterocycles. The van der Waals surface area contributed by atoms with Gasteiger partial charge in [0, 0.05) is 12.1 Å². The number of hydrogen-bond donors (Lipinski definition) is 1. The van der Waals surface area contributed by atoms with Crippen LogP contribution in [0.1, 0.15) is 39.2 Å². The van der Waals surface area contributed by atoms with E-state index < -0.39 is 0 Å². The minimum absolute atomic E-state index is 0.346. The number of methoxy groups -OCH3 is 1. The molecule has 0 fully saturated rings. The van der Waals surface area contributed by atoms with Crippen LogP contribution >= 0.6 is 0 Å². The Balaban J connectivity index is 2.79. The normalized spacial score (nSPS) is 13.5. The highest BCUT2D eigenvalue weighted by Crippen LogP contribution is 2.23. The maximum atomic E-state index is 9.09. The van der Waals surface area contributed by atoms with Crippen LogP contribution in [-0.2, 0) is 0 Å². The van der Waals surface area contributed by atoms with Crippen LogP contribution in [0.3, 0.4) is 0 Å². The minimum Gasteiger partial charge on any atom is -0.497 e. The first-order valence-electron chi connectivity index (χ1n) is 6.45. The van der Waals surface area contributed by atoms with Crippen LogP contribution in [0.5, 0.6) is 5.75 Å². The summed E-state index contributed by atoms with van der Waals surface area (Å²) in [6.45, 7) is 6.59. The molecule has 0 saturated carbocycles. The highest BCUT2D eigenvalue weighted by atomic mass is 16.5. The molecule has 0 aliphatic carbocycles. The predicted octanol–water partition coefficient (Wildman–Crippen LogP) is 3.80. The number of nitrogens with zero attached hydrogens (tertiary/aromatic N) is 1. The third-order valence-electron chi connectivity index (χ3n) is 3.20. The zero-order chi connectivity index (χ0) is 13.5. The average molecular weight is 246 g/mol. The second-order valence-electron chi connectivity index (χ2n) is 4.82. The maximum Gasteiger partial charge on any atom is 0.121 e. The number of hydrogen-bond acceptors (Lipinski definition) is 3. The van der Waals surface area contributed by atoms with Crippen molar-refractivity contribution in [3.8, 4) is 11.8 Å². The summed E-state index contributed by atoms with van der Waals surface area (Å²) >= 11 is 0. The molecule has 1 aromatic carbocycles.